The van der Waals surface area contributed by atoms with Gasteiger partial charge in [-0.2, -0.15) is 0 Å². The Morgan fingerprint density at radius 1 is 1.08 bits per heavy atom. The first-order chi connectivity index (χ1) is 11.4. The van der Waals surface area contributed by atoms with Crippen molar-refractivity contribution in [1.29, 1.82) is 0 Å². The molecule has 6 heteroatoms. The van der Waals surface area contributed by atoms with E-state index in [0.29, 0.717) is 11.3 Å². The van der Waals surface area contributed by atoms with Gasteiger partial charge in [-0.1, -0.05) is 37.3 Å². The lowest BCUT2D eigenvalue weighted by atomic mass is 10.1. The molecule has 1 atom stereocenters. The summed E-state index contributed by atoms with van der Waals surface area (Å²) in [6.07, 6.45) is 0.798. The number of nitrogens with one attached hydrogen (secondary N) is 1. The zero-order valence-corrected chi connectivity index (χ0v) is 14.9. The molecule has 0 aliphatic heterocycles. The van der Waals surface area contributed by atoms with Gasteiger partial charge in [0.15, 0.2) is 0 Å². The van der Waals surface area contributed by atoms with Gasteiger partial charge in [-0.3, -0.25) is 9.10 Å². The Balaban J connectivity index is 2.41. The van der Waals surface area contributed by atoms with E-state index in [1.807, 2.05) is 13.8 Å². The van der Waals surface area contributed by atoms with Crippen LogP contribution in [0.4, 0.5) is 5.69 Å². The van der Waals surface area contributed by atoms with Crippen molar-refractivity contribution in [2.45, 2.75) is 31.2 Å². The largest absolute Gasteiger partial charge is 0.350 e. The van der Waals surface area contributed by atoms with Crippen LogP contribution in [0.5, 0.6) is 0 Å². The van der Waals surface area contributed by atoms with Crippen LogP contribution in [0.15, 0.2) is 59.5 Å². The molecule has 0 heterocycles. The molecule has 0 aliphatic rings. The van der Waals surface area contributed by atoms with Crippen LogP contribution in [0.25, 0.3) is 0 Å². The molecule has 0 saturated heterocycles. The molecule has 0 bridgehead atoms. The van der Waals surface area contributed by atoms with E-state index >= 15 is 0 Å². The topological polar surface area (TPSA) is 66.5 Å². The van der Waals surface area contributed by atoms with Crippen LogP contribution in [-0.4, -0.2) is 27.4 Å². The normalized spacial score (nSPS) is 12.5. The van der Waals surface area contributed by atoms with E-state index in [1.165, 1.54) is 19.2 Å². The van der Waals surface area contributed by atoms with Crippen molar-refractivity contribution < 1.29 is 13.2 Å². The minimum Gasteiger partial charge on any atom is -0.350 e. The smallest absolute Gasteiger partial charge is 0.264 e. The highest BCUT2D eigenvalue weighted by atomic mass is 32.2. The fraction of sp³-hybridized carbons (Fsp3) is 0.278. The van der Waals surface area contributed by atoms with Crippen molar-refractivity contribution in [1.82, 2.24) is 5.32 Å². The molecule has 128 valence electrons. The Morgan fingerprint density at radius 3 is 2.29 bits per heavy atom. The predicted molar refractivity (Wildman–Crippen MR) is 95.7 cm³/mol. The van der Waals surface area contributed by atoms with Crippen LogP contribution in [0.1, 0.15) is 30.6 Å². The van der Waals surface area contributed by atoms with E-state index < -0.39 is 10.0 Å². The van der Waals surface area contributed by atoms with E-state index in [1.54, 1.807) is 42.5 Å². The van der Waals surface area contributed by atoms with E-state index in [0.717, 1.165) is 10.7 Å². The molecule has 0 aromatic heterocycles. The third-order valence-corrected chi connectivity index (χ3v) is 5.67. The van der Waals surface area contributed by atoms with Crippen molar-refractivity contribution in [3.8, 4) is 0 Å². The Kier molecular flexibility index (Phi) is 5.62. The lowest BCUT2D eigenvalue weighted by Crippen LogP contribution is -2.34. The summed E-state index contributed by atoms with van der Waals surface area (Å²) in [5, 5.41) is 2.87. The van der Waals surface area contributed by atoms with E-state index in [2.05, 4.69) is 5.32 Å². The molecule has 2 aromatic rings. The molecule has 2 rings (SSSR count). The van der Waals surface area contributed by atoms with Gasteiger partial charge in [0.25, 0.3) is 15.9 Å². The summed E-state index contributed by atoms with van der Waals surface area (Å²) in [5.74, 6) is -0.282. The SMILES string of the molecule is CC[C@@H](C)NC(=O)c1ccccc1N(C)S(=O)(=O)c1ccccc1. The summed E-state index contributed by atoms with van der Waals surface area (Å²) in [7, 11) is -2.27. The van der Waals surface area contributed by atoms with Gasteiger partial charge in [0.05, 0.1) is 16.1 Å². The zero-order chi connectivity index (χ0) is 17.7. The van der Waals surface area contributed by atoms with Gasteiger partial charge in [0.2, 0.25) is 0 Å². The molecule has 1 N–H and O–H groups in total. The number of rotatable bonds is 6. The maximum Gasteiger partial charge on any atom is 0.264 e. The molecule has 5 nitrogen and oxygen atoms in total. The van der Waals surface area contributed by atoms with Crippen LogP contribution in [0.2, 0.25) is 0 Å². The summed E-state index contributed by atoms with van der Waals surface area (Å²) >= 11 is 0. The number of anilines is 1. The van der Waals surface area contributed by atoms with Gasteiger partial charge in [-0.25, -0.2) is 8.42 Å². The van der Waals surface area contributed by atoms with E-state index in [9.17, 15) is 13.2 Å². The summed E-state index contributed by atoms with van der Waals surface area (Å²) in [4.78, 5) is 12.7. The standard InChI is InChI=1S/C18H22N2O3S/c1-4-14(2)19-18(21)16-12-8-9-13-17(16)20(3)24(22,23)15-10-6-5-7-11-15/h5-14H,4H2,1-3H3,(H,19,21)/t14-/m1/s1. The first-order valence-electron chi connectivity index (χ1n) is 7.81. The lowest BCUT2D eigenvalue weighted by molar-refractivity contribution is 0.0940. The van der Waals surface area contributed by atoms with Crippen molar-refractivity contribution >= 4 is 21.6 Å². The zero-order valence-electron chi connectivity index (χ0n) is 14.1. The van der Waals surface area contributed by atoms with Crippen LogP contribution < -0.4 is 9.62 Å². The van der Waals surface area contributed by atoms with Crippen LogP contribution in [0.3, 0.4) is 0 Å². The van der Waals surface area contributed by atoms with E-state index in [4.69, 9.17) is 0 Å². The number of benzene rings is 2. The van der Waals surface area contributed by atoms with Crippen molar-refractivity contribution in [2.24, 2.45) is 0 Å². The average molecular weight is 346 g/mol. The summed E-state index contributed by atoms with van der Waals surface area (Å²) in [6, 6.07) is 14.9. The molecule has 0 spiro atoms. The first kappa shape index (κ1) is 18.0. The predicted octanol–water partition coefficient (Wildman–Crippen LogP) is 3.04. The Morgan fingerprint density at radius 2 is 1.67 bits per heavy atom. The van der Waals surface area contributed by atoms with Crippen LogP contribution >= 0.6 is 0 Å². The molecule has 0 fully saturated rings. The molecular weight excluding hydrogens is 324 g/mol. The minimum absolute atomic E-state index is 0.0154. The molecule has 0 radical (unpaired) electrons. The highest BCUT2D eigenvalue weighted by Gasteiger charge is 2.25. The second kappa shape index (κ2) is 7.49. The molecule has 1 amide bonds. The fourth-order valence-electron chi connectivity index (χ4n) is 2.22. The Bertz CT molecular complexity index is 804. The van der Waals surface area contributed by atoms with Crippen LogP contribution in [-0.2, 0) is 10.0 Å². The third kappa shape index (κ3) is 3.76. The van der Waals surface area contributed by atoms with Gasteiger partial charge in [0.1, 0.15) is 0 Å². The number of hydrogen-bond acceptors (Lipinski definition) is 3. The van der Waals surface area contributed by atoms with Crippen molar-refractivity contribution in [2.75, 3.05) is 11.4 Å². The molecule has 0 unspecified atom stereocenters. The quantitative estimate of drug-likeness (QED) is 0.874. The Labute approximate surface area is 143 Å². The number of hydrogen-bond donors (Lipinski definition) is 1. The average Bonchev–Trinajstić information content (AvgIpc) is 2.61. The second-order valence-corrected chi connectivity index (χ2v) is 7.55. The van der Waals surface area contributed by atoms with Crippen LogP contribution in [0, 0.1) is 0 Å². The number of para-hydroxylation sites is 1. The van der Waals surface area contributed by atoms with Gasteiger partial charge < -0.3 is 5.32 Å². The monoisotopic (exact) mass is 346 g/mol. The summed E-state index contributed by atoms with van der Waals surface area (Å²) < 4.78 is 26.7. The lowest BCUT2D eigenvalue weighted by Gasteiger charge is -2.22. The second-order valence-electron chi connectivity index (χ2n) is 5.59. The number of amides is 1. The number of sulfonamides is 1. The van der Waals surface area contributed by atoms with Gasteiger partial charge in [-0.05, 0) is 37.6 Å². The van der Waals surface area contributed by atoms with Gasteiger partial charge in [0, 0.05) is 13.1 Å². The van der Waals surface area contributed by atoms with Crippen molar-refractivity contribution in [3.63, 3.8) is 0 Å². The maximum absolute atomic E-state index is 12.8. The fourth-order valence-corrected chi connectivity index (χ4v) is 3.46. The first-order valence-corrected chi connectivity index (χ1v) is 9.25. The number of carbonyl (C=O) groups excluding carboxylic acids is 1. The van der Waals surface area contributed by atoms with Gasteiger partial charge in [-0.15, -0.1) is 0 Å². The maximum atomic E-state index is 12.8. The molecule has 0 saturated carbocycles. The Hall–Kier alpha value is -2.34. The number of carbonyl (C=O) groups is 1. The molecular formula is C18H22N2O3S. The van der Waals surface area contributed by atoms with Crippen molar-refractivity contribution in [3.05, 3.63) is 60.2 Å². The molecule has 2 aromatic carbocycles. The molecule has 0 aliphatic carbocycles. The van der Waals surface area contributed by atoms with E-state index in [-0.39, 0.29) is 16.8 Å². The van der Waals surface area contributed by atoms with Gasteiger partial charge >= 0.3 is 0 Å². The molecule has 24 heavy (non-hydrogen) atoms. The number of nitrogens with zero attached hydrogens (tertiary/aromatic N) is 1. The highest BCUT2D eigenvalue weighted by molar-refractivity contribution is 7.92. The summed E-state index contributed by atoms with van der Waals surface area (Å²) in [5.41, 5.74) is 0.682. The minimum atomic E-state index is -3.73. The highest BCUT2D eigenvalue weighted by Crippen LogP contribution is 2.25. The summed E-state index contributed by atoms with van der Waals surface area (Å²) in [6.45, 7) is 3.88. The third-order valence-electron chi connectivity index (χ3n) is 3.88.